The van der Waals surface area contributed by atoms with Crippen molar-refractivity contribution in [1.82, 2.24) is 14.8 Å². The number of nitrogens with one attached hydrogen (secondary N) is 1. The van der Waals surface area contributed by atoms with E-state index in [0.717, 1.165) is 53.6 Å². The molecule has 1 aromatic carbocycles. The summed E-state index contributed by atoms with van der Waals surface area (Å²) in [6.45, 7) is 0.984. The number of halogens is 2. The number of anilines is 3. The zero-order valence-corrected chi connectivity index (χ0v) is 16.1. The summed E-state index contributed by atoms with van der Waals surface area (Å²) in [6.07, 6.45) is 1.60. The smallest absolute Gasteiger partial charge is 0.277 e. The molecule has 0 spiro atoms. The number of rotatable bonds is 4. The molecule has 4 aliphatic rings. The van der Waals surface area contributed by atoms with Crippen LogP contribution in [0, 0.1) is 29.4 Å². The highest BCUT2D eigenvalue weighted by Crippen LogP contribution is 2.76. The van der Waals surface area contributed by atoms with E-state index in [0.29, 0.717) is 11.7 Å². The van der Waals surface area contributed by atoms with E-state index in [1.54, 1.807) is 10.9 Å². The molecule has 7 nitrogen and oxygen atoms in total. The molecule has 2 atom stereocenters. The van der Waals surface area contributed by atoms with Crippen LogP contribution in [0.15, 0.2) is 24.4 Å². The summed E-state index contributed by atoms with van der Waals surface area (Å²) >= 11 is 0.874. The molecule has 2 saturated heterocycles. The first kappa shape index (κ1) is 16.9. The van der Waals surface area contributed by atoms with Crippen LogP contribution in [0.25, 0.3) is 10.6 Å². The van der Waals surface area contributed by atoms with Gasteiger partial charge in [0.15, 0.2) is 11.5 Å². The molecule has 1 amide bonds. The highest BCUT2D eigenvalue weighted by atomic mass is 32.1. The summed E-state index contributed by atoms with van der Waals surface area (Å²) in [5.74, 6) is 1.22. The number of aryl methyl sites for hydroxylation is 1. The third-order valence-corrected chi connectivity index (χ3v) is 7.08. The summed E-state index contributed by atoms with van der Waals surface area (Å²) in [6, 6.07) is 4.11. The number of nitrogens with zero attached hydrogens (tertiary/aromatic N) is 4. The fourth-order valence-electron chi connectivity index (χ4n) is 4.71. The summed E-state index contributed by atoms with van der Waals surface area (Å²) in [7, 11) is 1.84. The Kier molecular flexibility index (Phi) is 3.22. The van der Waals surface area contributed by atoms with Crippen LogP contribution < -0.4 is 16.0 Å². The van der Waals surface area contributed by atoms with E-state index in [2.05, 4.69) is 20.3 Å². The molecular weight excluding hydrogens is 398 g/mol. The van der Waals surface area contributed by atoms with E-state index in [1.807, 2.05) is 7.05 Å². The number of carbonyl (C=O) groups is 1. The highest BCUT2D eigenvalue weighted by Gasteiger charge is 2.81. The number of benzene rings is 1. The molecule has 4 fully saturated rings. The predicted molar refractivity (Wildman–Crippen MR) is 105 cm³/mol. The van der Waals surface area contributed by atoms with E-state index in [9.17, 15) is 13.6 Å². The number of hydrogen-bond acceptors (Lipinski definition) is 6. The quantitative estimate of drug-likeness (QED) is 0.685. The van der Waals surface area contributed by atoms with Crippen LogP contribution in [0.2, 0.25) is 0 Å². The molecule has 2 aromatic heterocycles. The first-order valence-corrected chi connectivity index (χ1v) is 10.1. The second-order valence-electron chi connectivity index (χ2n) is 7.75. The number of aromatic nitrogens is 3. The molecule has 148 valence electrons. The van der Waals surface area contributed by atoms with Crippen molar-refractivity contribution < 1.29 is 13.6 Å². The van der Waals surface area contributed by atoms with Gasteiger partial charge in [-0.05, 0) is 29.9 Å². The Balaban J connectivity index is 1.30. The van der Waals surface area contributed by atoms with E-state index in [-0.39, 0.29) is 21.3 Å². The first-order valence-electron chi connectivity index (χ1n) is 9.26. The van der Waals surface area contributed by atoms with Crippen molar-refractivity contribution in [2.24, 2.45) is 24.8 Å². The summed E-state index contributed by atoms with van der Waals surface area (Å²) in [4.78, 5) is 19.3. The number of fused-ring (bicyclic) bond motifs is 1. The first-order chi connectivity index (χ1) is 14.0. The van der Waals surface area contributed by atoms with Crippen LogP contribution in [0.4, 0.5) is 25.3 Å². The number of thiazole rings is 1. The highest BCUT2D eigenvalue weighted by molar-refractivity contribution is 7.19. The summed E-state index contributed by atoms with van der Waals surface area (Å²) < 4.78 is 29.9. The Morgan fingerprint density at radius 3 is 2.69 bits per heavy atom. The maximum absolute atomic E-state index is 14.1. The van der Waals surface area contributed by atoms with Crippen LogP contribution in [0.5, 0.6) is 0 Å². The zero-order valence-electron chi connectivity index (χ0n) is 15.3. The monoisotopic (exact) mass is 414 g/mol. The molecule has 2 saturated carbocycles. The molecule has 4 heterocycles. The lowest BCUT2D eigenvalue weighted by Crippen LogP contribution is -2.25. The minimum atomic E-state index is -0.754. The third-order valence-electron chi connectivity index (χ3n) is 6.18. The van der Waals surface area contributed by atoms with Crippen LogP contribution >= 0.6 is 11.3 Å². The van der Waals surface area contributed by atoms with Crippen molar-refractivity contribution in [3.05, 3.63) is 41.7 Å². The Bertz CT molecular complexity index is 1150. The number of piperidine rings is 1. The van der Waals surface area contributed by atoms with Gasteiger partial charge in [-0.1, -0.05) is 17.4 Å². The molecule has 29 heavy (non-hydrogen) atoms. The van der Waals surface area contributed by atoms with Gasteiger partial charge in [0.05, 0.1) is 11.8 Å². The lowest BCUT2D eigenvalue weighted by Gasteiger charge is -2.20. The fraction of sp³-hybridized carbons (Fsp3) is 0.316. The van der Waals surface area contributed by atoms with Gasteiger partial charge in [0.2, 0.25) is 0 Å². The second kappa shape index (κ2) is 5.53. The minimum Gasteiger partial charge on any atom is -0.389 e. The molecule has 0 radical (unpaired) electrons. The molecule has 2 aliphatic heterocycles. The molecule has 7 rings (SSSR count). The van der Waals surface area contributed by atoms with Crippen LogP contribution in [0.1, 0.15) is 10.5 Å². The maximum atomic E-state index is 14.1. The van der Waals surface area contributed by atoms with Gasteiger partial charge >= 0.3 is 0 Å². The van der Waals surface area contributed by atoms with Crippen molar-refractivity contribution in [3.8, 4) is 10.6 Å². The minimum absolute atomic E-state index is 0.0265. The van der Waals surface area contributed by atoms with E-state index >= 15 is 0 Å². The summed E-state index contributed by atoms with van der Waals surface area (Å²) in [5.41, 5.74) is 6.19. The van der Waals surface area contributed by atoms with E-state index in [1.165, 1.54) is 6.07 Å². The van der Waals surface area contributed by atoms with Gasteiger partial charge in [0.1, 0.15) is 27.3 Å². The van der Waals surface area contributed by atoms with Crippen LogP contribution in [-0.4, -0.2) is 33.3 Å². The van der Waals surface area contributed by atoms with Gasteiger partial charge in [0, 0.05) is 19.6 Å². The van der Waals surface area contributed by atoms with Crippen LogP contribution in [-0.2, 0) is 7.05 Å². The zero-order chi connectivity index (χ0) is 20.0. The fourth-order valence-corrected chi connectivity index (χ4v) is 5.59. The Hall–Kier alpha value is -3.01. The van der Waals surface area contributed by atoms with Crippen LogP contribution in [0.3, 0.4) is 0 Å². The molecule has 2 aliphatic carbocycles. The molecule has 10 heteroatoms. The van der Waals surface area contributed by atoms with E-state index in [4.69, 9.17) is 5.73 Å². The predicted octanol–water partition coefficient (Wildman–Crippen LogP) is 2.72. The molecular formula is C19H16F2N6OS. The SMILES string of the molecule is Cn1ncc(NC(=O)c2nc(-c3c(F)cccc3F)sc2N)c1N1C[C@H]2C3C2[C@H]31. The third kappa shape index (κ3) is 2.29. The second-order valence-corrected chi connectivity index (χ2v) is 8.78. The van der Waals surface area contributed by atoms with Gasteiger partial charge in [-0.25, -0.2) is 13.8 Å². The van der Waals surface area contributed by atoms with Crippen molar-refractivity contribution in [3.63, 3.8) is 0 Å². The molecule has 3 aromatic rings. The number of amides is 1. The largest absolute Gasteiger partial charge is 0.389 e. The van der Waals surface area contributed by atoms with Gasteiger partial charge in [-0.3, -0.25) is 9.48 Å². The van der Waals surface area contributed by atoms with Crippen molar-refractivity contribution in [2.45, 2.75) is 6.04 Å². The lowest BCUT2D eigenvalue weighted by molar-refractivity contribution is 0.102. The number of carbonyl (C=O) groups excluding carboxylic acids is 1. The van der Waals surface area contributed by atoms with Crippen molar-refractivity contribution >= 4 is 33.8 Å². The Morgan fingerprint density at radius 2 is 2.03 bits per heavy atom. The molecule has 2 unspecified atom stereocenters. The topological polar surface area (TPSA) is 89.1 Å². The Labute approximate surface area is 168 Å². The van der Waals surface area contributed by atoms with Crippen molar-refractivity contribution in [1.29, 1.82) is 0 Å². The standard InChI is InChI=1S/C19H16F2N6OS/c1-26-19(27-6-7-11-12(7)15(11)27)10(5-23-26)24-17(28)14-16(22)29-18(25-14)13-8(20)3-2-4-9(13)21/h2-5,7,11-12,15H,6,22H2,1H3,(H,24,28)/t7-,11?,12?,15-. The maximum Gasteiger partial charge on any atom is 0.277 e. The Morgan fingerprint density at radius 1 is 1.31 bits per heavy atom. The number of nitrogens with two attached hydrogens (primary N) is 1. The lowest BCUT2D eigenvalue weighted by atomic mass is 10.2. The molecule has 3 N–H and O–H groups in total. The molecule has 2 bridgehead atoms. The van der Waals surface area contributed by atoms with E-state index < -0.39 is 17.5 Å². The number of hydrogen-bond donors (Lipinski definition) is 2. The average molecular weight is 414 g/mol. The van der Waals surface area contributed by atoms with Gasteiger partial charge < -0.3 is 16.0 Å². The van der Waals surface area contributed by atoms with Gasteiger partial charge in [0.25, 0.3) is 5.91 Å². The average Bonchev–Trinajstić information content (AvgIpc) is 3.27. The van der Waals surface area contributed by atoms with Gasteiger partial charge in [-0.15, -0.1) is 0 Å². The summed E-state index contributed by atoms with van der Waals surface area (Å²) in [5, 5.41) is 7.22. The normalized spacial score (nSPS) is 25.8. The number of nitrogen functional groups attached to an aromatic ring is 1. The van der Waals surface area contributed by atoms with Crippen molar-refractivity contribution in [2.75, 3.05) is 22.5 Å². The van der Waals surface area contributed by atoms with Gasteiger partial charge in [-0.2, -0.15) is 5.10 Å².